The van der Waals surface area contributed by atoms with E-state index in [1.54, 1.807) is 0 Å². The first kappa shape index (κ1) is 16.3. The first-order valence-corrected chi connectivity index (χ1v) is 7.51. The Hall–Kier alpha value is -0.710. The van der Waals surface area contributed by atoms with Crippen LogP contribution in [-0.4, -0.2) is 39.8 Å². The van der Waals surface area contributed by atoms with E-state index in [2.05, 4.69) is 53.5 Å². The van der Waals surface area contributed by atoms with E-state index in [0.29, 0.717) is 0 Å². The van der Waals surface area contributed by atoms with Crippen LogP contribution in [0.25, 0.3) is 11.0 Å². The highest BCUT2D eigenvalue weighted by Crippen LogP contribution is 2.22. The van der Waals surface area contributed by atoms with Gasteiger partial charge in [0, 0.05) is 19.3 Å². The van der Waals surface area contributed by atoms with Gasteiger partial charge in [0.1, 0.15) is 0 Å². The number of benzene rings is 1. The van der Waals surface area contributed by atoms with Gasteiger partial charge in [-0.3, -0.25) is 0 Å². The summed E-state index contributed by atoms with van der Waals surface area (Å²) in [6.07, 6.45) is 0. The van der Waals surface area contributed by atoms with Crippen LogP contribution in [0.4, 0.5) is 0 Å². The fourth-order valence-electron chi connectivity index (χ4n) is 2.06. The zero-order valence-electron chi connectivity index (χ0n) is 11.8. The first-order valence-electron chi connectivity index (χ1n) is 6.52. The molecule has 2 rings (SSSR count). The molecule has 106 valence electrons. The minimum atomic E-state index is 0. The number of halogens is 1. The second kappa shape index (κ2) is 7.78. The van der Waals surface area contributed by atoms with Crippen LogP contribution >= 0.6 is 24.2 Å². The molecule has 1 aromatic heterocycles. The molecule has 0 spiro atoms. The summed E-state index contributed by atoms with van der Waals surface area (Å²) in [7, 11) is 2.09. The molecule has 19 heavy (non-hydrogen) atoms. The number of thioether (sulfide) groups is 1. The van der Waals surface area contributed by atoms with E-state index < -0.39 is 0 Å². The third-order valence-electron chi connectivity index (χ3n) is 3.28. The molecule has 0 fully saturated rings. The van der Waals surface area contributed by atoms with E-state index in [0.717, 1.165) is 36.1 Å². The summed E-state index contributed by atoms with van der Waals surface area (Å²) in [5.41, 5.74) is 2.30. The number of nitrogens with zero attached hydrogens (tertiary/aromatic N) is 3. The Labute approximate surface area is 125 Å². The van der Waals surface area contributed by atoms with Crippen molar-refractivity contribution in [1.82, 2.24) is 14.5 Å². The lowest BCUT2D eigenvalue weighted by Crippen LogP contribution is -2.25. The zero-order valence-corrected chi connectivity index (χ0v) is 13.4. The average molecular weight is 300 g/mol. The van der Waals surface area contributed by atoms with E-state index >= 15 is 0 Å². The fraction of sp³-hybridized carbons (Fsp3) is 0.500. The largest absolute Gasteiger partial charge is 0.322 e. The monoisotopic (exact) mass is 299 g/mol. The van der Waals surface area contributed by atoms with Gasteiger partial charge in [-0.2, -0.15) is 0 Å². The summed E-state index contributed by atoms with van der Waals surface area (Å²) >= 11 is 1.84. The van der Waals surface area contributed by atoms with Gasteiger partial charge in [-0.25, -0.2) is 4.98 Å². The Morgan fingerprint density at radius 3 is 2.53 bits per heavy atom. The molecule has 0 N–H and O–H groups in total. The molecule has 5 heteroatoms. The molecule has 0 aliphatic heterocycles. The molecule has 0 saturated carbocycles. The number of hydrogen-bond acceptors (Lipinski definition) is 3. The SMILES string of the molecule is CCN(CC)CCSc1nc2ccccc2n1C.Cl. The van der Waals surface area contributed by atoms with Gasteiger partial charge in [0.15, 0.2) is 5.16 Å². The molecule has 0 aliphatic carbocycles. The summed E-state index contributed by atoms with van der Waals surface area (Å²) in [5, 5.41) is 1.11. The number of aryl methyl sites for hydroxylation is 1. The van der Waals surface area contributed by atoms with Crippen LogP contribution in [-0.2, 0) is 7.05 Å². The topological polar surface area (TPSA) is 21.1 Å². The van der Waals surface area contributed by atoms with Crippen molar-refractivity contribution in [2.75, 3.05) is 25.4 Å². The molecule has 0 amide bonds. The van der Waals surface area contributed by atoms with Crippen molar-refractivity contribution < 1.29 is 0 Å². The van der Waals surface area contributed by atoms with E-state index in [9.17, 15) is 0 Å². The lowest BCUT2D eigenvalue weighted by atomic mass is 10.3. The lowest BCUT2D eigenvalue weighted by Gasteiger charge is -2.16. The Balaban J connectivity index is 0.00000180. The van der Waals surface area contributed by atoms with E-state index in [1.165, 1.54) is 5.52 Å². The summed E-state index contributed by atoms with van der Waals surface area (Å²) in [6.45, 7) is 7.80. The predicted octanol–water partition coefficient (Wildman–Crippen LogP) is 3.43. The standard InChI is InChI=1S/C14H21N3S.ClH/c1-4-17(5-2)10-11-18-14-15-12-8-6-7-9-13(12)16(14)3;/h6-9H,4-5,10-11H2,1-3H3;1H. The molecular weight excluding hydrogens is 278 g/mol. The second-order valence-electron chi connectivity index (χ2n) is 4.32. The maximum Gasteiger partial charge on any atom is 0.168 e. The predicted molar refractivity (Wildman–Crippen MR) is 86.5 cm³/mol. The van der Waals surface area contributed by atoms with Crippen LogP contribution in [0.15, 0.2) is 29.4 Å². The quantitative estimate of drug-likeness (QED) is 0.763. The van der Waals surface area contributed by atoms with Gasteiger partial charge in [0.05, 0.1) is 11.0 Å². The Bertz CT molecular complexity index is 508. The molecular formula is C14H22ClN3S. The molecule has 2 aromatic rings. The minimum absolute atomic E-state index is 0. The van der Waals surface area contributed by atoms with Crippen LogP contribution in [0.5, 0.6) is 0 Å². The van der Waals surface area contributed by atoms with Crippen LogP contribution in [0.1, 0.15) is 13.8 Å². The van der Waals surface area contributed by atoms with Gasteiger partial charge in [-0.15, -0.1) is 12.4 Å². The van der Waals surface area contributed by atoms with Gasteiger partial charge in [-0.1, -0.05) is 37.7 Å². The third-order valence-corrected chi connectivity index (χ3v) is 4.29. The van der Waals surface area contributed by atoms with Crippen LogP contribution in [0.2, 0.25) is 0 Å². The van der Waals surface area contributed by atoms with Crippen molar-refractivity contribution in [1.29, 1.82) is 0 Å². The van der Waals surface area contributed by atoms with Crippen LogP contribution < -0.4 is 0 Å². The number of hydrogen-bond donors (Lipinski definition) is 0. The Morgan fingerprint density at radius 2 is 1.89 bits per heavy atom. The van der Waals surface area contributed by atoms with Crippen LogP contribution in [0, 0.1) is 0 Å². The summed E-state index contributed by atoms with van der Waals surface area (Å²) in [6, 6.07) is 8.30. The Morgan fingerprint density at radius 1 is 1.21 bits per heavy atom. The van der Waals surface area contributed by atoms with E-state index in [1.807, 2.05) is 17.8 Å². The molecule has 0 radical (unpaired) electrons. The number of para-hydroxylation sites is 2. The summed E-state index contributed by atoms with van der Waals surface area (Å²) < 4.78 is 2.18. The maximum atomic E-state index is 4.67. The van der Waals surface area contributed by atoms with Crippen molar-refractivity contribution in [3.63, 3.8) is 0 Å². The summed E-state index contributed by atoms with van der Waals surface area (Å²) in [5.74, 6) is 1.10. The molecule has 0 saturated heterocycles. The second-order valence-corrected chi connectivity index (χ2v) is 5.38. The number of fused-ring (bicyclic) bond motifs is 1. The minimum Gasteiger partial charge on any atom is -0.322 e. The zero-order chi connectivity index (χ0) is 13.0. The van der Waals surface area contributed by atoms with Gasteiger partial charge in [0.2, 0.25) is 0 Å². The maximum absolute atomic E-state index is 4.67. The van der Waals surface area contributed by atoms with Crippen molar-refractivity contribution in [3.05, 3.63) is 24.3 Å². The smallest absolute Gasteiger partial charge is 0.168 e. The normalized spacial score (nSPS) is 10.9. The molecule has 1 heterocycles. The van der Waals surface area contributed by atoms with E-state index in [-0.39, 0.29) is 12.4 Å². The van der Waals surface area contributed by atoms with Crippen molar-refractivity contribution in [2.45, 2.75) is 19.0 Å². The Kier molecular flexibility index (Phi) is 6.69. The van der Waals surface area contributed by atoms with Gasteiger partial charge >= 0.3 is 0 Å². The number of aromatic nitrogens is 2. The highest BCUT2D eigenvalue weighted by Gasteiger charge is 2.07. The summed E-state index contributed by atoms with van der Waals surface area (Å²) in [4.78, 5) is 7.11. The highest BCUT2D eigenvalue weighted by atomic mass is 35.5. The fourth-order valence-corrected chi connectivity index (χ4v) is 3.05. The number of imidazole rings is 1. The van der Waals surface area contributed by atoms with E-state index in [4.69, 9.17) is 0 Å². The van der Waals surface area contributed by atoms with Gasteiger partial charge in [0.25, 0.3) is 0 Å². The highest BCUT2D eigenvalue weighted by molar-refractivity contribution is 7.99. The molecule has 0 bridgehead atoms. The molecule has 1 aromatic carbocycles. The molecule has 0 unspecified atom stereocenters. The first-order chi connectivity index (χ1) is 8.76. The van der Waals surface area contributed by atoms with Crippen molar-refractivity contribution >= 4 is 35.2 Å². The number of rotatable bonds is 6. The lowest BCUT2D eigenvalue weighted by molar-refractivity contribution is 0.324. The van der Waals surface area contributed by atoms with Gasteiger partial charge in [-0.05, 0) is 25.2 Å². The van der Waals surface area contributed by atoms with Crippen molar-refractivity contribution in [2.24, 2.45) is 7.05 Å². The molecule has 0 aliphatic rings. The van der Waals surface area contributed by atoms with Crippen molar-refractivity contribution in [3.8, 4) is 0 Å². The molecule has 0 atom stereocenters. The average Bonchev–Trinajstić information content (AvgIpc) is 2.72. The van der Waals surface area contributed by atoms with Crippen LogP contribution in [0.3, 0.4) is 0 Å². The third kappa shape index (κ3) is 3.88. The molecule has 3 nitrogen and oxygen atoms in total. The van der Waals surface area contributed by atoms with Gasteiger partial charge < -0.3 is 9.47 Å².